The van der Waals surface area contributed by atoms with Crippen LogP contribution in [0.2, 0.25) is 0 Å². The van der Waals surface area contributed by atoms with Crippen LogP contribution in [0.25, 0.3) is 0 Å². The van der Waals surface area contributed by atoms with Crippen molar-refractivity contribution in [3.63, 3.8) is 0 Å². The second kappa shape index (κ2) is 9.37. The lowest BCUT2D eigenvalue weighted by Crippen LogP contribution is -2.32. The summed E-state index contributed by atoms with van der Waals surface area (Å²) in [5.41, 5.74) is 0. The van der Waals surface area contributed by atoms with Gasteiger partial charge in [0.15, 0.2) is 0 Å². The fourth-order valence-corrected chi connectivity index (χ4v) is 2.26. The molecular formula is C14H26N2O. The third-order valence-electron chi connectivity index (χ3n) is 3.27. The lowest BCUT2D eigenvalue weighted by molar-refractivity contribution is 0.176. The molecule has 3 nitrogen and oxygen atoms in total. The molecule has 0 radical (unpaired) electrons. The molecule has 17 heavy (non-hydrogen) atoms. The van der Waals surface area contributed by atoms with Crippen LogP contribution in [-0.2, 0) is 0 Å². The first-order chi connectivity index (χ1) is 8.38. The summed E-state index contributed by atoms with van der Waals surface area (Å²) in [6.07, 6.45) is 13.1. The van der Waals surface area contributed by atoms with Gasteiger partial charge in [-0.1, -0.05) is 25.3 Å². The van der Waals surface area contributed by atoms with E-state index in [9.17, 15) is 0 Å². The number of aliphatic imine (C=N–C) groups is 1. The lowest BCUT2D eigenvalue weighted by atomic mass is 10.1. The van der Waals surface area contributed by atoms with Crippen LogP contribution in [0.4, 0.5) is 0 Å². The Morgan fingerprint density at radius 2 is 2.06 bits per heavy atom. The third kappa shape index (κ3) is 5.99. The Labute approximate surface area is 105 Å². The summed E-state index contributed by atoms with van der Waals surface area (Å²) in [5.74, 6) is 0. The van der Waals surface area contributed by atoms with Gasteiger partial charge in [0.1, 0.15) is 6.17 Å². The summed E-state index contributed by atoms with van der Waals surface area (Å²) in [5, 5.41) is 8.93. The van der Waals surface area contributed by atoms with Crippen LogP contribution in [-0.4, -0.2) is 42.1 Å². The molecule has 0 spiro atoms. The van der Waals surface area contributed by atoms with E-state index in [2.05, 4.69) is 16.5 Å². The predicted octanol–water partition coefficient (Wildman–Crippen LogP) is 2.61. The molecule has 0 aromatic rings. The normalized spacial score (nSPS) is 19.9. The minimum absolute atomic E-state index is 0.238. The van der Waals surface area contributed by atoms with E-state index in [1.807, 2.05) is 12.3 Å². The van der Waals surface area contributed by atoms with E-state index < -0.39 is 0 Å². The Kier molecular flexibility index (Phi) is 7.93. The first kappa shape index (κ1) is 14.4. The van der Waals surface area contributed by atoms with E-state index >= 15 is 0 Å². The SMILES string of the molecule is C=CCCCCCCCC1N=CCN1CCO. The van der Waals surface area contributed by atoms with Crippen molar-refractivity contribution in [3.05, 3.63) is 12.7 Å². The van der Waals surface area contributed by atoms with Crippen LogP contribution >= 0.6 is 0 Å². The number of aliphatic hydroxyl groups is 1. The van der Waals surface area contributed by atoms with Gasteiger partial charge >= 0.3 is 0 Å². The molecule has 1 rings (SSSR count). The monoisotopic (exact) mass is 238 g/mol. The van der Waals surface area contributed by atoms with Crippen molar-refractivity contribution in [2.45, 2.75) is 51.1 Å². The molecule has 98 valence electrons. The molecule has 0 saturated carbocycles. The van der Waals surface area contributed by atoms with Crippen LogP contribution in [0.1, 0.15) is 44.9 Å². The van der Waals surface area contributed by atoms with Gasteiger partial charge in [0.05, 0.1) is 6.61 Å². The standard InChI is InChI=1S/C14H26N2O/c1-2-3-4-5-6-7-8-9-14-15-10-11-16(14)12-13-17/h2,10,14,17H,1,3-9,11-13H2. The second-order valence-electron chi connectivity index (χ2n) is 4.66. The first-order valence-corrected chi connectivity index (χ1v) is 6.86. The molecule has 0 aromatic heterocycles. The number of nitrogens with zero attached hydrogens (tertiary/aromatic N) is 2. The smallest absolute Gasteiger partial charge is 0.102 e. The van der Waals surface area contributed by atoms with E-state index in [1.54, 1.807) is 0 Å². The van der Waals surface area contributed by atoms with Gasteiger partial charge in [-0.15, -0.1) is 6.58 Å². The topological polar surface area (TPSA) is 35.8 Å². The van der Waals surface area contributed by atoms with Crippen LogP contribution in [0.15, 0.2) is 17.6 Å². The molecule has 0 aromatic carbocycles. The fourth-order valence-electron chi connectivity index (χ4n) is 2.26. The molecule has 1 unspecified atom stereocenters. The predicted molar refractivity (Wildman–Crippen MR) is 73.5 cm³/mol. The highest BCUT2D eigenvalue weighted by atomic mass is 16.3. The largest absolute Gasteiger partial charge is 0.395 e. The fraction of sp³-hybridized carbons (Fsp3) is 0.786. The number of unbranched alkanes of at least 4 members (excludes halogenated alkanes) is 5. The molecule has 0 aliphatic carbocycles. The second-order valence-corrected chi connectivity index (χ2v) is 4.66. The molecule has 1 aliphatic rings. The van der Waals surface area contributed by atoms with Crippen LogP contribution in [0, 0.1) is 0 Å². The highest BCUT2D eigenvalue weighted by Crippen LogP contribution is 2.15. The molecule has 1 N–H and O–H groups in total. The molecule has 0 saturated heterocycles. The van der Waals surface area contributed by atoms with E-state index in [1.165, 1.54) is 32.1 Å². The average Bonchev–Trinajstić information content (AvgIpc) is 2.76. The Balaban J connectivity index is 1.98. The van der Waals surface area contributed by atoms with Crippen LogP contribution < -0.4 is 0 Å². The molecule has 1 atom stereocenters. The zero-order chi connectivity index (χ0) is 12.3. The summed E-state index contributed by atoms with van der Waals surface area (Å²) < 4.78 is 0. The van der Waals surface area contributed by atoms with Gasteiger partial charge in [-0.2, -0.15) is 0 Å². The average molecular weight is 238 g/mol. The molecule has 0 fully saturated rings. The summed E-state index contributed by atoms with van der Waals surface area (Å²) in [7, 11) is 0. The van der Waals surface area contributed by atoms with Gasteiger partial charge in [-0.3, -0.25) is 9.89 Å². The Hall–Kier alpha value is -0.670. The highest BCUT2D eigenvalue weighted by molar-refractivity contribution is 5.62. The van der Waals surface area contributed by atoms with Gasteiger partial charge < -0.3 is 5.11 Å². The van der Waals surface area contributed by atoms with Gasteiger partial charge in [0.2, 0.25) is 0 Å². The lowest BCUT2D eigenvalue weighted by Gasteiger charge is -2.21. The first-order valence-electron chi connectivity index (χ1n) is 6.86. The van der Waals surface area contributed by atoms with Crippen molar-refractivity contribution >= 4 is 6.21 Å². The maximum absolute atomic E-state index is 8.93. The number of aliphatic hydroxyl groups excluding tert-OH is 1. The third-order valence-corrected chi connectivity index (χ3v) is 3.27. The van der Waals surface area contributed by atoms with Crippen molar-refractivity contribution in [2.75, 3.05) is 19.7 Å². The number of hydrogen-bond donors (Lipinski definition) is 1. The van der Waals surface area contributed by atoms with Crippen molar-refractivity contribution < 1.29 is 5.11 Å². The minimum atomic E-state index is 0.238. The Morgan fingerprint density at radius 1 is 1.29 bits per heavy atom. The highest BCUT2D eigenvalue weighted by Gasteiger charge is 2.19. The molecule has 0 amide bonds. The number of β-amino-alcohol motifs (C(OH)–C–C–N with tert-alkyl or cyclic N) is 1. The van der Waals surface area contributed by atoms with Crippen molar-refractivity contribution in [3.8, 4) is 0 Å². The molecule has 1 aliphatic heterocycles. The zero-order valence-electron chi connectivity index (χ0n) is 10.9. The van der Waals surface area contributed by atoms with Crippen molar-refractivity contribution in [1.29, 1.82) is 0 Å². The zero-order valence-corrected chi connectivity index (χ0v) is 10.9. The molecular weight excluding hydrogens is 212 g/mol. The summed E-state index contributed by atoms with van der Waals surface area (Å²) in [6.45, 7) is 5.63. The van der Waals surface area contributed by atoms with Gasteiger partial charge in [0, 0.05) is 19.3 Å². The number of allylic oxidation sites excluding steroid dienone is 1. The van der Waals surface area contributed by atoms with Crippen molar-refractivity contribution in [2.24, 2.45) is 4.99 Å². The molecule has 3 heteroatoms. The van der Waals surface area contributed by atoms with E-state index in [4.69, 9.17) is 5.11 Å². The van der Waals surface area contributed by atoms with Gasteiger partial charge in [-0.25, -0.2) is 0 Å². The minimum Gasteiger partial charge on any atom is -0.395 e. The van der Waals surface area contributed by atoms with E-state index in [0.717, 1.165) is 25.9 Å². The van der Waals surface area contributed by atoms with Crippen LogP contribution in [0.5, 0.6) is 0 Å². The Bertz CT molecular complexity index is 228. The summed E-state index contributed by atoms with van der Waals surface area (Å²) >= 11 is 0. The maximum atomic E-state index is 8.93. The number of hydrogen-bond acceptors (Lipinski definition) is 3. The molecule has 1 heterocycles. The van der Waals surface area contributed by atoms with Gasteiger partial charge in [0.25, 0.3) is 0 Å². The summed E-state index contributed by atoms with van der Waals surface area (Å²) in [6, 6.07) is 0. The van der Waals surface area contributed by atoms with Gasteiger partial charge in [-0.05, 0) is 25.7 Å². The van der Waals surface area contributed by atoms with E-state index in [0.29, 0.717) is 6.17 Å². The van der Waals surface area contributed by atoms with Crippen molar-refractivity contribution in [1.82, 2.24) is 4.90 Å². The quantitative estimate of drug-likeness (QED) is 0.469. The molecule has 0 bridgehead atoms. The van der Waals surface area contributed by atoms with E-state index in [-0.39, 0.29) is 6.61 Å². The number of rotatable bonds is 10. The Morgan fingerprint density at radius 3 is 2.82 bits per heavy atom. The summed E-state index contributed by atoms with van der Waals surface area (Å²) in [4.78, 5) is 6.71. The maximum Gasteiger partial charge on any atom is 0.102 e. The van der Waals surface area contributed by atoms with Crippen LogP contribution in [0.3, 0.4) is 0 Å².